The Morgan fingerprint density at radius 2 is 1.79 bits per heavy atom. The van der Waals surface area contributed by atoms with Crippen LogP contribution in [0.4, 0.5) is 0 Å². The van der Waals surface area contributed by atoms with Crippen molar-refractivity contribution < 1.29 is 14.0 Å². The zero-order chi connectivity index (χ0) is 23.5. The van der Waals surface area contributed by atoms with E-state index in [1.807, 2.05) is 24.3 Å². The van der Waals surface area contributed by atoms with Crippen molar-refractivity contribution in [3.63, 3.8) is 0 Å². The van der Waals surface area contributed by atoms with Gasteiger partial charge in [0.15, 0.2) is 11.0 Å². The first-order chi connectivity index (χ1) is 16.5. The summed E-state index contributed by atoms with van der Waals surface area (Å²) in [6.45, 7) is 3.39. The fraction of sp³-hybridized carbons (Fsp3) is 0.250. The van der Waals surface area contributed by atoms with Crippen LogP contribution >= 0.6 is 11.8 Å². The predicted molar refractivity (Wildman–Crippen MR) is 137 cm³/mol. The van der Waals surface area contributed by atoms with Crippen LogP contribution in [-0.2, 0) is 11.2 Å². The zero-order valence-corrected chi connectivity index (χ0v) is 19.9. The summed E-state index contributed by atoms with van der Waals surface area (Å²) >= 11 is 1.43. The molecule has 172 valence electrons. The molecule has 5 rings (SSSR count). The third kappa shape index (κ3) is 5.07. The van der Waals surface area contributed by atoms with E-state index in [0.29, 0.717) is 27.9 Å². The van der Waals surface area contributed by atoms with Crippen LogP contribution in [0.3, 0.4) is 0 Å². The molecule has 0 saturated carbocycles. The molecule has 2 aliphatic heterocycles. The molecule has 3 heterocycles. The van der Waals surface area contributed by atoms with E-state index in [0.717, 1.165) is 43.1 Å². The number of thioether (sulfide) groups is 1. The van der Waals surface area contributed by atoms with E-state index in [-0.39, 0.29) is 11.7 Å². The number of Topliss-reactive ketones (excluding diaryl/α,β-unsaturated/α-hetero) is 1. The number of aliphatic imine (C=N–C) groups is 1. The molecule has 5 nitrogen and oxygen atoms in total. The van der Waals surface area contributed by atoms with E-state index >= 15 is 0 Å². The summed E-state index contributed by atoms with van der Waals surface area (Å²) in [4.78, 5) is 31.1. The van der Waals surface area contributed by atoms with Gasteiger partial charge in [-0.25, -0.2) is 0 Å². The van der Waals surface area contributed by atoms with Crippen molar-refractivity contribution in [3.05, 3.63) is 88.5 Å². The Morgan fingerprint density at radius 1 is 1.06 bits per heavy atom. The highest BCUT2D eigenvalue weighted by Crippen LogP contribution is 2.33. The van der Waals surface area contributed by atoms with Gasteiger partial charge in [-0.2, -0.15) is 4.99 Å². The second kappa shape index (κ2) is 9.85. The summed E-state index contributed by atoms with van der Waals surface area (Å²) in [5, 5.41) is 0.793. The largest absolute Gasteiger partial charge is 0.457 e. The van der Waals surface area contributed by atoms with Crippen molar-refractivity contribution in [2.24, 2.45) is 10.9 Å². The normalized spacial score (nSPS) is 17.9. The first kappa shape index (κ1) is 22.4. The minimum atomic E-state index is -0.213. The number of furan rings is 1. The highest BCUT2D eigenvalue weighted by Gasteiger charge is 2.29. The lowest BCUT2D eigenvalue weighted by atomic mass is 9.90. The van der Waals surface area contributed by atoms with Crippen molar-refractivity contribution in [2.45, 2.75) is 26.2 Å². The monoisotopic (exact) mass is 470 g/mol. The SMILES string of the molecule is CC(=O)c1ccc(-c2ccc(/C=C3\SC(N4CCC(Cc5ccccc5)CC4)=NC3=O)o2)cc1. The zero-order valence-electron chi connectivity index (χ0n) is 19.1. The molecule has 0 aliphatic carbocycles. The van der Waals surface area contributed by atoms with Gasteiger partial charge in [-0.05, 0) is 61.6 Å². The van der Waals surface area contributed by atoms with Gasteiger partial charge < -0.3 is 9.32 Å². The summed E-state index contributed by atoms with van der Waals surface area (Å²) in [6.07, 6.45) is 5.08. The molecule has 6 heteroatoms. The molecule has 0 spiro atoms. The van der Waals surface area contributed by atoms with Crippen LogP contribution in [-0.4, -0.2) is 34.8 Å². The number of rotatable bonds is 5. The van der Waals surface area contributed by atoms with Crippen LogP contribution < -0.4 is 0 Å². The maximum atomic E-state index is 12.5. The van der Waals surface area contributed by atoms with Crippen molar-refractivity contribution in [1.82, 2.24) is 4.90 Å². The molecule has 0 atom stereocenters. The molecule has 3 aromatic rings. The van der Waals surface area contributed by atoms with Crippen LogP contribution in [0.25, 0.3) is 17.4 Å². The number of carbonyl (C=O) groups is 2. The summed E-state index contributed by atoms with van der Waals surface area (Å²) in [6, 6.07) is 21.7. The fourth-order valence-corrected chi connectivity index (χ4v) is 5.34. The molecule has 1 aromatic heterocycles. The smallest absolute Gasteiger partial charge is 0.286 e. The molecule has 1 saturated heterocycles. The van der Waals surface area contributed by atoms with Crippen molar-refractivity contribution >= 4 is 34.7 Å². The number of piperidine rings is 1. The van der Waals surface area contributed by atoms with Crippen molar-refractivity contribution in [2.75, 3.05) is 13.1 Å². The maximum absolute atomic E-state index is 12.5. The average molecular weight is 471 g/mol. The number of benzene rings is 2. The lowest BCUT2D eigenvalue weighted by molar-refractivity contribution is -0.113. The van der Waals surface area contributed by atoms with Gasteiger partial charge in [0.1, 0.15) is 11.5 Å². The van der Waals surface area contributed by atoms with Gasteiger partial charge in [-0.15, -0.1) is 0 Å². The second-order valence-electron chi connectivity index (χ2n) is 8.77. The van der Waals surface area contributed by atoms with Crippen LogP contribution in [0.5, 0.6) is 0 Å². The van der Waals surface area contributed by atoms with Gasteiger partial charge >= 0.3 is 0 Å². The van der Waals surface area contributed by atoms with Crippen LogP contribution in [0.15, 0.2) is 81.0 Å². The third-order valence-electron chi connectivity index (χ3n) is 6.34. The van der Waals surface area contributed by atoms with E-state index in [2.05, 4.69) is 40.2 Å². The van der Waals surface area contributed by atoms with E-state index in [1.54, 1.807) is 25.1 Å². The molecule has 1 fully saturated rings. The Bertz CT molecular complexity index is 1250. The highest BCUT2D eigenvalue weighted by atomic mass is 32.2. The lowest BCUT2D eigenvalue weighted by Gasteiger charge is -2.32. The maximum Gasteiger partial charge on any atom is 0.286 e. The van der Waals surface area contributed by atoms with Crippen LogP contribution in [0.1, 0.15) is 41.4 Å². The van der Waals surface area contributed by atoms with Gasteiger partial charge in [0.05, 0.1) is 4.91 Å². The fourth-order valence-electron chi connectivity index (χ4n) is 4.39. The Balaban J connectivity index is 1.19. The number of hydrogen-bond acceptors (Lipinski definition) is 5. The number of nitrogens with zero attached hydrogens (tertiary/aromatic N) is 2. The Labute approximate surface area is 203 Å². The number of amidine groups is 1. The average Bonchev–Trinajstić information content (AvgIpc) is 3.47. The molecule has 2 aromatic carbocycles. The summed E-state index contributed by atoms with van der Waals surface area (Å²) in [5.41, 5.74) is 2.94. The lowest BCUT2D eigenvalue weighted by Crippen LogP contribution is -2.37. The Kier molecular flexibility index (Phi) is 6.50. The topological polar surface area (TPSA) is 62.9 Å². The highest BCUT2D eigenvalue weighted by molar-refractivity contribution is 8.18. The minimum Gasteiger partial charge on any atom is -0.457 e. The molecule has 0 bridgehead atoms. The third-order valence-corrected chi connectivity index (χ3v) is 7.38. The van der Waals surface area contributed by atoms with E-state index in [4.69, 9.17) is 4.42 Å². The van der Waals surface area contributed by atoms with Gasteiger partial charge in [0, 0.05) is 30.3 Å². The molecule has 2 aliphatic rings. The summed E-state index contributed by atoms with van der Waals surface area (Å²) in [5.74, 6) is 1.79. The van der Waals surface area contributed by atoms with Crippen molar-refractivity contribution in [1.29, 1.82) is 0 Å². The molecular formula is C28H26N2O3S. The predicted octanol–water partition coefficient (Wildman–Crippen LogP) is 6.07. The Morgan fingerprint density at radius 3 is 2.50 bits per heavy atom. The van der Waals surface area contributed by atoms with E-state index < -0.39 is 0 Å². The van der Waals surface area contributed by atoms with Gasteiger partial charge in [0.25, 0.3) is 5.91 Å². The molecular weight excluding hydrogens is 444 g/mol. The minimum absolute atomic E-state index is 0.0319. The first-order valence-electron chi connectivity index (χ1n) is 11.6. The second-order valence-corrected chi connectivity index (χ2v) is 9.77. The number of ketones is 1. The van der Waals surface area contributed by atoms with Crippen LogP contribution in [0, 0.1) is 5.92 Å². The van der Waals surface area contributed by atoms with Gasteiger partial charge in [0.2, 0.25) is 0 Å². The number of amides is 1. The molecule has 0 N–H and O–H groups in total. The molecule has 1 amide bonds. The molecule has 0 unspecified atom stereocenters. The Hall–Kier alpha value is -3.38. The summed E-state index contributed by atoms with van der Waals surface area (Å²) < 4.78 is 5.94. The molecule has 34 heavy (non-hydrogen) atoms. The number of likely N-dealkylation sites (tertiary alicyclic amines) is 1. The summed E-state index contributed by atoms with van der Waals surface area (Å²) in [7, 11) is 0. The van der Waals surface area contributed by atoms with E-state index in [9.17, 15) is 9.59 Å². The van der Waals surface area contributed by atoms with Crippen molar-refractivity contribution in [3.8, 4) is 11.3 Å². The molecule has 0 radical (unpaired) electrons. The quantitative estimate of drug-likeness (QED) is 0.334. The van der Waals surface area contributed by atoms with E-state index in [1.165, 1.54) is 17.3 Å². The van der Waals surface area contributed by atoms with Gasteiger partial charge in [-0.3, -0.25) is 9.59 Å². The van der Waals surface area contributed by atoms with Gasteiger partial charge in [-0.1, -0.05) is 54.6 Å². The standard InChI is InChI=1S/C28H26N2O3S/c1-19(31)22-7-9-23(10-8-22)25-12-11-24(33-25)18-26-27(32)29-28(34-26)30-15-13-21(14-16-30)17-20-5-3-2-4-6-20/h2-12,18,21H,13-17H2,1H3/b26-18-. The number of carbonyl (C=O) groups excluding carboxylic acids is 2. The number of hydrogen-bond donors (Lipinski definition) is 0. The van der Waals surface area contributed by atoms with Crippen LogP contribution in [0.2, 0.25) is 0 Å². The first-order valence-corrected chi connectivity index (χ1v) is 12.4.